The number of rotatable bonds is 6. The standard InChI is InChI=1S/C26H18Cl2N4/c27-21-15-11-19(12-16-21)25(31-29-23-7-3-1-4-8-23)26(20-13-17-22(28)18-14-20)32-30-24-9-5-2-6-10-24/h1-18H/b26-25-,31-29?,32-30?. The molecule has 0 unspecified atom stereocenters. The van der Waals surface area contributed by atoms with Crippen LogP contribution in [0.1, 0.15) is 11.1 Å². The van der Waals surface area contributed by atoms with Crippen molar-refractivity contribution in [1.82, 2.24) is 0 Å². The Balaban J connectivity index is 1.90. The predicted molar refractivity (Wildman–Crippen MR) is 132 cm³/mol. The second-order valence-corrected chi connectivity index (χ2v) is 7.65. The van der Waals surface area contributed by atoms with Gasteiger partial charge in [0.25, 0.3) is 0 Å². The summed E-state index contributed by atoms with van der Waals surface area (Å²) < 4.78 is 0. The van der Waals surface area contributed by atoms with Gasteiger partial charge in [-0.3, -0.25) is 0 Å². The number of hydrogen-bond donors (Lipinski definition) is 0. The molecule has 0 aliphatic carbocycles. The highest BCUT2D eigenvalue weighted by molar-refractivity contribution is 6.30. The topological polar surface area (TPSA) is 49.4 Å². The van der Waals surface area contributed by atoms with Gasteiger partial charge in [0.15, 0.2) is 0 Å². The maximum absolute atomic E-state index is 6.12. The average molecular weight is 457 g/mol. The Hall–Kier alpha value is -3.60. The summed E-state index contributed by atoms with van der Waals surface area (Å²) in [5.74, 6) is 0. The van der Waals surface area contributed by atoms with E-state index in [9.17, 15) is 0 Å². The van der Waals surface area contributed by atoms with Crippen LogP contribution in [0.25, 0.3) is 11.4 Å². The van der Waals surface area contributed by atoms with E-state index in [1.54, 1.807) is 0 Å². The fourth-order valence-electron chi connectivity index (χ4n) is 2.90. The molecule has 0 heterocycles. The van der Waals surface area contributed by atoms with E-state index < -0.39 is 0 Å². The lowest BCUT2D eigenvalue weighted by molar-refractivity contribution is 1.20. The fourth-order valence-corrected chi connectivity index (χ4v) is 3.16. The first kappa shape index (κ1) is 21.6. The Labute approximate surface area is 196 Å². The predicted octanol–water partition coefficient (Wildman–Crippen LogP) is 9.39. The van der Waals surface area contributed by atoms with Crippen LogP contribution in [0, 0.1) is 0 Å². The molecule has 4 aromatic carbocycles. The largest absolute Gasteiger partial charge is 0.150 e. The third-order valence-electron chi connectivity index (χ3n) is 4.50. The first-order valence-electron chi connectivity index (χ1n) is 9.89. The zero-order valence-electron chi connectivity index (χ0n) is 16.9. The summed E-state index contributed by atoms with van der Waals surface area (Å²) in [5, 5.41) is 19.3. The molecular weight excluding hydrogens is 439 g/mol. The molecule has 0 N–H and O–H groups in total. The van der Waals surface area contributed by atoms with Gasteiger partial charge in [-0.05, 0) is 48.5 Å². The highest BCUT2D eigenvalue weighted by Crippen LogP contribution is 2.32. The van der Waals surface area contributed by atoms with Crippen LogP contribution < -0.4 is 0 Å². The molecule has 6 heteroatoms. The molecule has 0 bridgehead atoms. The van der Waals surface area contributed by atoms with Gasteiger partial charge in [0.1, 0.15) is 11.4 Å². The van der Waals surface area contributed by atoms with Crippen LogP contribution in [-0.4, -0.2) is 0 Å². The first-order chi connectivity index (χ1) is 15.7. The number of nitrogens with zero attached hydrogens (tertiary/aromatic N) is 4. The molecule has 0 amide bonds. The molecule has 4 rings (SSSR count). The summed E-state index contributed by atoms with van der Waals surface area (Å²) >= 11 is 12.2. The number of halogens is 2. The lowest BCUT2D eigenvalue weighted by Crippen LogP contribution is -1.89. The van der Waals surface area contributed by atoms with Crippen molar-refractivity contribution >= 4 is 46.0 Å². The molecule has 0 aliphatic heterocycles. The molecular formula is C26H18Cl2N4. The molecule has 0 radical (unpaired) electrons. The lowest BCUT2D eigenvalue weighted by Gasteiger charge is -2.08. The van der Waals surface area contributed by atoms with Crippen LogP contribution in [0.3, 0.4) is 0 Å². The van der Waals surface area contributed by atoms with Crippen molar-refractivity contribution in [3.05, 3.63) is 130 Å². The maximum atomic E-state index is 6.12. The van der Waals surface area contributed by atoms with Gasteiger partial charge in [-0.25, -0.2) is 0 Å². The van der Waals surface area contributed by atoms with Crippen LogP contribution in [0.15, 0.2) is 130 Å². The van der Waals surface area contributed by atoms with Gasteiger partial charge < -0.3 is 0 Å². The van der Waals surface area contributed by atoms with Gasteiger partial charge in [0.05, 0.1) is 11.4 Å². The Morgan fingerprint density at radius 3 is 1.12 bits per heavy atom. The molecule has 32 heavy (non-hydrogen) atoms. The highest BCUT2D eigenvalue weighted by Gasteiger charge is 2.13. The Bertz CT molecular complexity index is 1150. The first-order valence-corrected chi connectivity index (χ1v) is 10.6. The molecule has 156 valence electrons. The minimum absolute atomic E-state index is 0.563. The SMILES string of the molecule is Clc1ccc(/C(N=Nc2ccccc2)=C(/N=Nc2ccccc2)c2ccc(Cl)cc2)cc1. The summed E-state index contributed by atoms with van der Waals surface area (Å²) in [6, 6.07) is 33.8. The van der Waals surface area contributed by atoms with E-state index in [0.29, 0.717) is 21.4 Å². The van der Waals surface area contributed by atoms with Gasteiger partial charge in [-0.15, -0.1) is 10.2 Å². The van der Waals surface area contributed by atoms with Crippen molar-refractivity contribution in [2.24, 2.45) is 20.5 Å². The maximum Gasteiger partial charge on any atom is 0.121 e. The molecule has 0 atom stereocenters. The minimum atomic E-state index is 0.563. The summed E-state index contributed by atoms with van der Waals surface area (Å²) in [5.41, 5.74) is 4.21. The molecule has 0 spiro atoms. The van der Waals surface area contributed by atoms with Crippen molar-refractivity contribution in [3.8, 4) is 0 Å². The van der Waals surface area contributed by atoms with Gasteiger partial charge in [-0.1, -0.05) is 83.9 Å². The summed E-state index contributed by atoms with van der Waals surface area (Å²) in [6.07, 6.45) is 0. The second-order valence-electron chi connectivity index (χ2n) is 6.78. The lowest BCUT2D eigenvalue weighted by atomic mass is 10.1. The molecule has 4 aromatic rings. The fraction of sp³-hybridized carbons (Fsp3) is 0. The Morgan fingerprint density at radius 1 is 0.438 bits per heavy atom. The van der Waals surface area contributed by atoms with E-state index in [0.717, 1.165) is 22.5 Å². The molecule has 4 nitrogen and oxygen atoms in total. The van der Waals surface area contributed by atoms with Gasteiger partial charge in [0, 0.05) is 21.2 Å². The Morgan fingerprint density at radius 2 is 0.781 bits per heavy atom. The van der Waals surface area contributed by atoms with E-state index >= 15 is 0 Å². The van der Waals surface area contributed by atoms with Crippen LogP contribution in [-0.2, 0) is 0 Å². The highest BCUT2D eigenvalue weighted by atomic mass is 35.5. The number of benzene rings is 4. The third kappa shape index (κ3) is 5.76. The van der Waals surface area contributed by atoms with Gasteiger partial charge >= 0.3 is 0 Å². The minimum Gasteiger partial charge on any atom is -0.150 e. The Kier molecular flexibility index (Phi) is 7.18. The summed E-state index contributed by atoms with van der Waals surface area (Å²) in [4.78, 5) is 0. The van der Waals surface area contributed by atoms with Crippen molar-refractivity contribution < 1.29 is 0 Å². The third-order valence-corrected chi connectivity index (χ3v) is 5.01. The monoisotopic (exact) mass is 456 g/mol. The van der Waals surface area contributed by atoms with Crippen molar-refractivity contribution in [2.45, 2.75) is 0 Å². The smallest absolute Gasteiger partial charge is 0.121 e. The molecule has 0 aliphatic rings. The normalized spacial score (nSPS) is 12.3. The van der Waals surface area contributed by atoms with Gasteiger partial charge in [0.2, 0.25) is 0 Å². The van der Waals surface area contributed by atoms with Crippen LogP contribution >= 0.6 is 23.2 Å². The zero-order chi connectivity index (χ0) is 22.2. The molecule has 0 saturated heterocycles. The molecule has 0 fully saturated rings. The van der Waals surface area contributed by atoms with Crippen molar-refractivity contribution in [3.63, 3.8) is 0 Å². The molecule has 0 saturated carbocycles. The summed E-state index contributed by atoms with van der Waals surface area (Å²) in [6.45, 7) is 0. The zero-order valence-corrected chi connectivity index (χ0v) is 18.4. The van der Waals surface area contributed by atoms with E-state index in [1.165, 1.54) is 0 Å². The number of azo groups is 2. The van der Waals surface area contributed by atoms with E-state index in [4.69, 9.17) is 23.2 Å². The second kappa shape index (κ2) is 10.6. The van der Waals surface area contributed by atoms with Crippen LogP contribution in [0.2, 0.25) is 10.0 Å². The van der Waals surface area contributed by atoms with E-state index in [1.807, 2.05) is 109 Å². The summed E-state index contributed by atoms with van der Waals surface area (Å²) in [7, 11) is 0. The van der Waals surface area contributed by atoms with Crippen LogP contribution in [0.4, 0.5) is 11.4 Å². The van der Waals surface area contributed by atoms with Crippen molar-refractivity contribution in [1.29, 1.82) is 0 Å². The average Bonchev–Trinajstić information content (AvgIpc) is 2.84. The van der Waals surface area contributed by atoms with Crippen LogP contribution in [0.5, 0.6) is 0 Å². The van der Waals surface area contributed by atoms with E-state index in [-0.39, 0.29) is 0 Å². The molecule has 0 aromatic heterocycles. The van der Waals surface area contributed by atoms with E-state index in [2.05, 4.69) is 20.5 Å². The quantitative estimate of drug-likeness (QED) is 0.205. The van der Waals surface area contributed by atoms with Crippen molar-refractivity contribution in [2.75, 3.05) is 0 Å². The van der Waals surface area contributed by atoms with Gasteiger partial charge in [-0.2, -0.15) is 10.2 Å². The number of hydrogen-bond acceptors (Lipinski definition) is 4.